The second-order valence-corrected chi connectivity index (χ2v) is 5.68. The molecule has 0 aromatic rings. The van der Waals surface area contributed by atoms with Gasteiger partial charge in [0.1, 0.15) is 0 Å². The number of unbranched alkanes of at least 4 members (excludes halogenated alkanes) is 6. The molecule has 4 nitrogen and oxygen atoms in total. The summed E-state index contributed by atoms with van der Waals surface area (Å²) in [6.07, 6.45) is 8.58. The molecule has 5 heteroatoms. The molecule has 96 valence electrons. The normalized spacial score (nSPS) is 11.4. The third kappa shape index (κ3) is 13.7. The van der Waals surface area contributed by atoms with E-state index in [0.29, 0.717) is 6.42 Å². The summed E-state index contributed by atoms with van der Waals surface area (Å²) >= 11 is 0. The van der Waals surface area contributed by atoms with Crippen molar-refractivity contribution in [3.05, 3.63) is 12.8 Å². The second kappa shape index (κ2) is 9.88. The van der Waals surface area contributed by atoms with Gasteiger partial charge in [0, 0.05) is 6.16 Å². The molecular weight excluding hydrogens is 227 g/mol. The highest BCUT2D eigenvalue weighted by atomic mass is 31.2. The summed E-state index contributed by atoms with van der Waals surface area (Å²) in [7, 11) is -3.77. The fourth-order valence-corrected chi connectivity index (χ4v) is 2.11. The van der Waals surface area contributed by atoms with Crippen LogP contribution >= 0.6 is 7.60 Å². The lowest BCUT2D eigenvalue weighted by Gasteiger charge is -2.04. The van der Waals surface area contributed by atoms with Crippen LogP contribution in [0.2, 0.25) is 0 Å². The molecule has 0 aromatic heterocycles. The van der Waals surface area contributed by atoms with Crippen molar-refractivity contribution in [3.63, 3.8) is 0 Å². The van der Waals surface area contributed by atoms with E-state index in [1.165, 1.54) is 6.26 Å². The van der Waals surface area contributed by atoms with Crippen molar-refractivity contribution in [2.75, 3.05) is 12.8 Å². The van der Waals surface area contributed by atoms with Gasteiger partial charge in [-0.3, -0.25) is 4.57 Å². The van der Waals surface area contributed by atoms with Crippen molar-refractivity contribution >= 4 is 7.60 Å². The molecule has 0 unspecified atom stereocenters. The quantitative estimate of drug-likeness (QED) is 0.336. The van der Waals surface area contributed by atoms with Gasteiger partial charge < -0.3 is 14.5 Å². The highest BCUT2D eigenvalue weighted by Crippen LogP contribution is 2.35. The van der Waals surface area contributed by atoms with Crippen LogP contribution in [0.4, 0.5) is 0 Å². The zero-order chi connectivity index (χ0) is 12.3. The molecule has 2 N–H and O–H groups in total. The summed E-state index contributed by atoms with van der Waals surface area (Å²) in [4.78, 5) is 17.3. The van der Waals surface area contributed by atoms with E-state index >= 15 is 0 Å². The van der Waals surface area contributed by atoms with Gasteiger partial charge in [-0.15, -0.1) is 0 Å². The topological polar surface area (TPSA) is 66.8 Å². The largest absolute Gasteiger partial charge is 0.502 e. The average Bonchev–Trinajstić information content (AvgIpc) is 2.19. The van der Waals surface area contributed by atoms with E-state index in [9.17, 15) is 4.57 Å². The van der Waals surface area contributed by atoms with Crippen LogP contribution in [0.3, 0.4) is 0 Å². The number of rotatable bonds is 11. The van der Waals surface area contributed by atoms with Gasteiger partial charge in [-0.25, -0.2) is 0 Å². The Labute approximate surface area is 97.9 Å². The molecule has 0 radical (unpaired) electrons. The summed E-state index contributed by atoms with van der Waals surface area (Å²) < 4.78 is 15.5. The Kier molecular flexibility index (Phi) is 9.69. The fourth-order valence-electron chi connectivity index (χ4n) is 1.47. The Hall–Kier alpha value is -0.310. The van der Waals surface area contributed by atoms with Crippen molar-refractivity contribution in [1.82, 2.24) is 0 Å². The van der Waals surface area contributed by atoms with Gasteiger partial charge in [-0.1, -0.05) is 38.7 Å². The summed E-state index contributed by atoms with van der Waals surface area (Å²) in [5.74, 6) is 0. The number of hydrogen-bond donors (Lipinski definition) is 2. The molecule has 0 aromatic carbocycles. The average molecular weight is 250 g/mol. The molecular formula is C11H23O4P. The summed E-state index contributed by atoms with van der Waals surface area (Å²) in [6, 6.07) is 0. The first-order valence-corrected chi connectivity index (χ1v) is 7.63. The maximum Gasteiger partial charge on any atom is 0.325 e. The van der Waals surface area contributed by atoms with Crippen LogP contribution in [0.15, 0.2) is 12.8 Å². The Balaban J connectivity index is 3.04. The molecule has 0 saturated heterocycles. The van der Waals surface area contributed by atoms with Crippen molar-refractivity contribution in [2.24, 2.45) is 0 Å². The third-order valence-electron chi connectivity index (χ3n) is 2.33. The zero-order valence-electron chi connectivity index (χ0n) is 9.81. The highest BCUT2D eigenvalue weighted by Gasteiger charge is 2.10. The Morgan fingerprint density at radius 3 is 2.00 bits per heavy atom. The van der Waals surface area contributed by atoms with E-state index in [-0.39, 0.29) is 6.16 Å². The molecule has 0 fully saturated rings. The molecule has 0 heterocycles. The zero-order valence-corrected chi connectivity index (χ0v) is 10.7. The lowest BCUT2D eigenvalue weighted by Crippen LogP contribution is -1.89. The Bertz CT molecular complexity index is 212. The smallest absolute Gasteiger partial charge is 0.325 e. The van der Waals surface area contributed by atoms with Crippen molar-refractivity contribution in [3.8, 4) is 0 Å². The molecule has 0 rings (SSSR count). The van der Waals surface area contributed by atoms with E-state index < -0.39 is 7.60 Å². The summed E-state index contributed by atoms with van der Waals surface area (Å²) in [5.41, 5.74) is 0. The minimum absolute atomic E-state index is 0.0280. The fraction of sp³-hybridized carbons (Fsp3) is 0.818. The van der Waals surface area contributed by atoms with Gasteiger partial charge in [0.2, 0.25) is 0 Å². The monoisotopic (exact) mass is 250 g/mol. The predicted octanol–water partition coefficient (Wildman–Crippen LogP) is 3.05. The standard InChI is InChI=1S/C11H23O4P/c1-2-15-10-8-6-4-3-5-7-9-11-16(12,13)14/h2H,1,3-11H2,(H2,12,13,14). The van der Waals surface area contributed by atoms with E-state index in [0.717, 1.165) is 45.1 Å². The van der Waals surface area contributed by atoms with Crippen LogP contribution in [0, 0.1) is 0 Å². The van der Waals surface area contributed by atoms with Gasteiger partial charge in [0.15, 0.2) is 0 Å². The van der Waals surface area contributed by atoms with E-state index in [1.807, 2.05) is 0 Å². The van der Waals surface area contributed by atoms with Gasteiger partial charge in [0.25, 0.3) is 0 Å². The van der Waals surface area contributed by atoms with Gasteiger partial charge in [-0.2, -0.15) is 0 Å². The van der Waals surface area contributed by atoms with Crippen LogP contribution in [0.5, 0.6) is 0 Å². The van der Waals surface area contributed by atoms with Crippen LogP contribution < -0.4 is 0 Å². The Morgan fingerprint density at radius 2 is 1.50 bits per heavy atom. The molecule has 0 aliphatic carbocycles. The first-order valence-electron chi connectivity index (χ1n) is 5.83. The van der Waals surface area contributed by atoms with E-state index in [2.05, 4.69) is 6.58 Å². The lowest BCUT2D eigenvalue weighted by atomic mass is 10.1. The SMILES string of the molecule is C=COCCCCCCCCCP(=O)(O)O. The number of ether oxygens (including phenoxy) is 1. The number of hydrogen-bond acceptors (Lipinski definition) is 2. The second-order valence-electron chi connectivity index (χ2n) is 3.90. The first kappa shape index (κ1) is 15.7. The van der Waals surface area contributed by atoms with Crippen molar-refractivity contribution < 1.29 is 19.1 Å². The molecule has 0 saturated carbocycles. The van der Waals surface area contributed by atoms with Crippen LogP contribution in [0.25, 0.3) is 0 Å². The lowest BCUT2D eigenvalue weighted by molar-refractivity contribution is 0.241. The van der Waals surface area contributed by atoms with Gasteiger partial charge in [0.05, 0.1) is 12.9 Å². The third-order valence-corrected chi connectivity index (χ3v) is 3.23. The molecule has 0 amide bonds. The first-order chi connectivity index (χ1) is 7.56. The molecule has 0 atom stereocenters. The molecule has 0 spiro atoms. The highest BCUT2D eigenvalue weighted by molar-refractivity contribution is 7.51. The summed E-state index contributed by atoms with van der Waals surface area (Å²) in [6.45, 7) is 4.20. The van der Waals surface area contributed by atoms with Gasteiger partial charge in [-0.05, 0) is 12.8 Å². The maximum atomic E-state index is 10.5. The Morgan fingerprint density at radius 1 is 1.00 bits per heavy atom. The minimum Gasteiger partial charge on any atom is -0.502 e. The molecule has 0 aliphatic heterocycles. The van der Waals surface area contributed by atoms with Crippen LogP contribution in [-0.4, -0.2) is 22.6 Å². The van der Waals surface area contributed by atoms with Gasteiger partial charge >= 0.3 is 7.60 Å². The van der Waals surface area contributed by atoms with Crippen molar-refractivity contribution in [2.45, 2.75) is 44.9 Å². The molecule has 0 bridgehead atoms. The van der Waals surface area contributed by atoms with Crippen molar-refractivity contribution in [1.29, 1.82) is 0 Å². The minimum atomic E-state index is -3.77. The maximum absolute atomic E-state index is 10.5. The molecule has 0 aliphatic rings. The van der Waals surface area contributed by atoms with E-state index in [4.69, 9.17) is 14.5 Å². The predicted molar refractivity (Wildman–Crippen MR) is 65.4 cm³/mol. The van der Waals surface area contributed by atoms with E-state index in [1.54, 1.807) is 0 Å². The summed E-state index contributed by atoms with van der Waals surface area (Å²) in [5, 5.41) is 0. The molecule has 16 heavy (non-hydrogen) atoms. The van der Waals surface area contributed by atoms with Crippen LogP contribution in [0.1, 0.15) is 44.9 Å². The van der Waals surface area contributed by atoms with Crippen LogP contribution in [-0.2, 0) is 9.30 Å².